The lowest BCUT2D eigenvalue weighted by Gasteiger charge is -2.38. The number of carbonyl (C=O) groups excluding carboxylic acids is 2. The van der Waals surface area contributed by atoms with Gasteiger partial charge < -0.3 is 10.0 Å². The van der Waals surface area contributed by atoms with Gasteiger partial charge in [-0.15, -0.1) is 0 Å². The summed E-state index contributed by atoms with van der Waals surface area (Å²) >= 11 is 0. The maximum absolute atomic E-state index is 11.5. The molecule has 3 atom stereocenters. The third-order valence-corrected chi connectivity index (χ3v) is 3.34. The molecule has 16 heavy (non-hydrogen) atoms. The highest BCUT2D eigenvalue weighted by atomic mass is 16.3. The van der Waals surface area contributed by atoms with E-state index in [1.165, 1.54) is 6.08 Å². The van der Waals surface area contributed by atoms with E-state index in [0.29, 0.717) is 0 Å². The molecule has 0 spiro atoms. The van der Waals surface area contributed by atoms with Gasteiger partial charge in [0.05, 0.1) is 18.7 Å². The molecule has 90 valence electrons. The normalized spacial score (nSPS) is 24.8. The molecule has 1 rings (SSSR count). The third kappa shape index (κ3) is 2.32. The van der Waals surface area contributed by atoms with Gasteiger partial charge in [0.25, 0.3) is 0 Å². The zero-order valence-corrected chi connectivity index (χ0v) is 10.0. The molecule has 0 saturated heterocycles. The molecular formula is C12H19NO3. The highest BCUT2D eigenvalue weighted by Crippen LogP contribution is 2.20. The number of nitrogens with zero attached hydrogens (tertiary/aromatic N) is 1. The van der Waals surface area contributed by atoms with E-state index in [2.05, 4.69) is 0 Å². The van der Waals surface area contributed by atoms with Crippen LogP contribution in [0.4, 0.5) is 0 Å². The van der Waals surface area contributed by atoms with Crippen LogP contribution in [0, 0.1) is 5.92 Å². The molecule has 2 unspecified atom stereocenters. The second kappa shape index (κ2) is 5.25. The number of hydrogen-bond donors (Lipinski definition) is 1. The number of carbonyl (C=O) groups is 2. The van der Waals surface area contributed by atoms with Crippen LogP contribution < -0.4 is 0 Å². The lowest BCUT2D eigenvalue weighted by atomic mass is 9.94. The highest BCUT2D eigenvalue weighted by molar-refractivity contribution is 6.43. The first-order chi connectivity index (χ1) is 7.52. The van der Waals surface area contributed by atoms with E-state index in [4.69, 9.17) is 0 Å². The van der Waals surface area contributed by atoms with Crippen LogP contribution >= 0.6 is 0 Å². The van der Waals surface area contributed by atoms with Crippen molar-refractivity contribution in [2.75, 3.05) is 6.61 Å². The number of rotatable bonds is 4. The molecule has 4 heteroatoms. The van der Waals surface area contributed by atoms with Crippen LogP contribution in [-0.4, -0.2) is 40.3 Å². The summed E-state index contributed by atoms with van der Waals surface area (Å²) in [4.78, 5) is 24.5. The fourth-order valence-electron chi connectivity index (χ4n) is 1.94. The van der Waals surface area contributed by atoms with Crippen LogP contribution in [0.1, 0.15) is 27.2 Å². The molecule has 1 N–H and O–H groups in total. The van der Waals surface area contributed by atoms with Gasteiger partial charge in [-0.05, 0) is 12.8 Å². The molecule has 0 aromatic heterocycles. The van der Waals surface area contributed by atoms with Gasteiger partial charge in [-0.25, -0.2) is 0 Å². The van der Waals surface area contributed by atoms with Crippen LogP contribution in [0.5, 0.6) is 0 Å². The number of hydrogen-bond acceptors (Lipinski definition) is 4. The number of ketones is 2. The lowest BCUT2D eigenvalue weighted by molar-refractivity contribution is -0.138. The fraction of sp³-hybridized carbons (Fsp3) is 0.667. The average Bonchev–Trinajstić information content (AvgIpc) is 2.29. The van der Waals surface area contributed by atoms with Crippen LogP contribution in [0.3, 0.4) is 0 Å². The SMILES string of the molecule is CCC(C)[C@@H](CO)N1C=CC(=O)C(=O)C1C. The van der Waals surface area contributed by atoms with E-state index in [1.54, 1.807) is 18.0 Å². The number of Topliss-reactive ketones (excluding diaryl/α,β-unsaturated/α-hetero) is 1. The van der Waals surface area contributed by atoms with Crippen LogP contribution in [0.25, 0.3) is 0 Å². The van der Waals surface area contributed by atoms with Gasteiger partial charge in [0.15, 0.2) is 0 Å². The molecule has 0 aliphatic carbocycles. The maximum Gasteiger partial charge on any atom is 0.225 e. The Morgan fingerprint density at radius 3 is 2.62 bits per heavy atom. The molecule has 0 bridgehead atoms. The Kier molecular flexibility index (Phi) is 4.24. The minimum atomic E-state index is -0.469. The Morgan fingerprint density at radius 2 is 2.12 bits per heavy atom. The highest BCUT2D eigenvalue weighted by Gasteiger charge is 2.33. The van der Waals surface area contributed by atoms with E-state index >= 15 is 0 Å². The Hall–Kier alpha value is -1.16. The molecule has 1 aliphatic rings. The van der Waals surface area contributed by atoms with Crippen molar-refractivity contribution in [3.8, 4) is 0 Å². The summed E-state index contributed by atoms with van der Waals surface area (Å²) in [5, 5.41) is 9.38. The van der Waals surface area contributed by atoms with Gasteiger partial charge in [0.2, 0.25) is 11.6 Å². The van der Waals surface area contributed by atoms with E-state index in [1.807, 2.05) is 13.8 Å². The quantitative estimate of drug-likeness (QED) is 0.717. The smallest absolute Gasteiger partial charge is 0.225 e. The molecule has 0 radical (unpaired) electrons. The summed E-state index contributed by atoms with van der Waals surface area (Å²) in [6, 6.07) is -0.572. The summed E-state index contributed by atoms with van der Waals surface area (Å²) in [6.07, 6.45) is 3.83. The summed E-state index contributed by atoms with van der Waals surface area (Å²) in [5.41, 5.74) is 0. The first kappa shape index (κ1) is 12.9. The zero-order valence-electron chi connectivity index (χ0n) is 10.0. The predicted octanol–water partition coefficient (Wildman–Crippen LogP) is 0.749. The maximum atomic E-state index is 11.5. The van der Waals surface area contributed by atoms with Gasteiger partial charge in [-0.1, -0.05) is 20.3 Å². The third-order valence-electron chi connectivity index (χ3n) is 3.34. The Balaban J connectivity index is 2.90. The summed E-state index contributed by atoms with van der Waals surface area (Å²) in [7, 11) is 0. The van der Waals surface area contributed by atoms with Crippen LogP contribution in [-0.2, 0) is 9.59 Å². The number of aliphatic hydroxyl groups excluding tert-OH is 1. The predicted molar refractivity (Wildman–Crippen MR) is 60.8 cm³/mol. The minimum absolute atomic E-state index is 0.00877. The van der Waals surface area contributed by atoms with E-state index in [9.17, 15) is 14.7 Å². The van der Waals surface area contributed by atoms with Gasteiger partial charge in [-0.3, -0.25) is 9.59 Å². The molecule has 0 aromatic rings. The summed E-state index contributed by atoms with van der Waals surface area (Å²) in [6.45, 7) is 5.76. The van der Waals surface area contributed by atoms with E-state index in [0.717, 1.165) is 6.42 Å². The molecular weight excluding hydrogens is 206 g/mol. The zero-order chi connectivity index (χ0) is 12.3. The number of aliphatic hydroxyl groups is 1. The molecule has 1 heterocycles. The van der Waals surface area contributed by atoms with E-state index < -0.39 is 17.6 Å². The van der Waals surface area contributed by atoms with Crippen molar-refractivity contribution in [2.45, 2.75) is 39.3 Å². The standard InChI is InChI=1S/C12H19NO3/c1-4-8(2)10(7-14)13-6-5-11(15)12(16)9(13)3/h5-6,8-10,14H,4,7H2,1-3H3/t8?,9?,10-/m1/s1. The molecule has 0 aromatic carbocycles. The van der Waals surface area contributed by atoms with Crippen molar-refractivity contribution in [3.05, 3.63) is 12.3 Å². The van der Waals surface area contributed by atoms with Crippen molar-refractivity contribution in [3.63, 3.8) is 0 Å². The van der Waals surface area contributed by atoms with Gasteiger partial charge in [0, 0.05) is 12.3 Å². The lowest BCUT2D eigenvalue weighted by Crippen LogP contribution is -2.50. The van der Waals surface area contributed by atoms with Crippen molar-refractivity contribution in [1.29, 1.82) is 0 Å². The molecule has 0 fully saturated rings. The van der Waals surface area contributed by atoms with Gasteiger partial charge >= 0.3 is 0 Å². The second-order valence-corrected chi connectivity index (χ2v) is 4.30. The average molecular weight is 225 g/mol. The van der Waals surface area contributed by atoms with Crippen LogP contribution in [0.15, 0.2) is 12.3 Å². The summed E-state index contributed by atoms with van der Waals surface area (Å²) in [5.74, 6) is -0.577. The molecule has 0 saturated carbocycles. The summed E-state index contributed by atoms with van der Waals surface area (Å²) < 4.78 is 0. The largest absolute Gasteiger partial charge is 0.394 e. The Morgan fingerprint density at radius 1 is 1.50 bits per heavy atom. The Bertz CT molecular complexity index is 311. The van der Waals surface area contributed by atoms with Gasteiger partial charge in [-0.2, -0.15) is 0 Å². The molecule has 1 aliphatic heterocycles. The van der Waals surface area contributed by atoms with Crippen molar-refractivity contribution in [1.82, 2.24) is 4.90 Å². The molecule has 4 nitrogen and oxygen atoms in total. The van der Waals surface area contributed by atoms with Crippen LogP contribution in [0.2, 0.25) is 0 Å². The van der Waals surface area contributed by atoms with Crippen molar-refractivity contribution < 1.29 is 14.7 Å². The van der Waals surface area contributed by atoms with Crippen molar-refractivity contribution in [2.24, 2.45) is 5.92 Å². The fourth-order valence-corrected chi connectivity index (χ4v) is 1.94. The number of allylic oxidation sites excluding steroid dienone is 1. The first-order valence-electron chi connectivity index (χ1n) is 5.67. The van der Waals surface area contributed by atoms with Crippen molar-refractivity contribution >= 4 is 11.6 Å². The Labute approximate surface area is 95.9 Å². The minimum Gasteiger partial charge on any atom is -0.394 e. The topological polar surface area (TPSA) is 57.6 Å². The van der Waals surface area contributed by atoms with E-state index in [-0.39, 0.29) is 18.6 Å². The molecule has 0 amide bonds. The second-order valence-electron chi connectivity index (χ2n) is 4.30. The monoisotopic (exact) mass is 225 g/mol. The first-order valence-corrected chi connectivity index (χ1v) is 5.67. The van der Waals surface area contributed by atoms with Gasteiger partial charge in [0.1, 0.15) is 0 Å².